The second kappa shape index (κ2) is 5.49. The zero-order valence-corrected chi connectivity index (χ0v) is 12.3. The molecule has 0 aliphatic rings. The Balaban J connectivity index is 2.58. The van der Waals surface area contributed by atoms with E-state index in [1.807, 2.05) is 32.3 Å². The van der Waals surface area contributed by atoms with Gasteiger partial charge in [0.05, 0.1) is 5.69 Å². The second-order valence-electron chi connectivity index (χ2n) is 4.70. The van der Waals surface area contributed by atoms with E-state index in [0.29, 0.717) is 5.57 Å². The van der Waals surface area contributed by atoms with Crippen molar-refractivity contribution in [2.24, 2.45) is 0 Å². The van der Waals surface area contributed by atoms with Gasteiger partial charge in [0.25, 0.3) is 0 Å². The molecule has 0 radical (unpaired) electrons. The lowest BCUT2D eigenvalue weighted by atomic mass is 10.1. The van der Waals surface area contributed by atoms with E-state index in [9.17, 15) is 4.79 Å². The maximum Gasteiger partial charge on any atom is 0.219 e. The van der Waals surface area contributed by atoms with Gasteiger partial charge in [-0.3, -0.25) is 4.79 Å². The Labute approximate surface area is 118 Å². The van der Waals surface area contributed by atoms with Gasteiger partial charge in [0.1, 0.15) is 0 Å². The third-order valence-electron chi connectivity index (χ3n) is 2.86. The summed E-state index contributed by atoms with van der Waals surface area (Å²) in [5, 5.41) is 2.35. The molecule has 0 amide bonds. The number of carbonyl (C=O) groups is 1. The van der Waals surface area contributed by atoms with E-state index in [1.54, 1.807) is 6.92 Å². The number of carbonyl (C=O) groups excluding carboxylic acids is 1. The van der Waals surface area contributed by atoms with Crippen molar-refractivity contribution in [1.29, 1.82) is 0 Å². The second-order valence-corrected chi connectivity index (χ2v) is 5.71. The lowest BCUT2D eigenvalue weighted by molar-refractivity contribution is -0.107. The molecule has 0 spiro atoms. The number of hydrogen-bond donors (Lipinski definition) is 0. The van der Waals surface area contributed by atoms with Crippen molar-refractivity contribution in [3.05, 3.63) is 48.6 Å². The predicted molar refractivity (Wildman–Crippen MR) is 84.0 cm³/mol. The Morgan fingerprint density at radius 2 is 1.84 bits per heavy atom. The van der Waals surface area contributed by atoms with Crippen LogP contribution in [0.25, 0.3) is 10.8 Å². The minimum absolute atomic E-state index is 0.0124. The molecule has 0 fully saturated rings. The van der Waals surface area contributed by atoms with Gasteiger partial charge in [-0.05, 0) is 35.7 Å². The zero-order valence-electron chi connectivity index (χ0n) is 11.4. The van der Waals surface area contributed by atoms with Crippen molar-refractivity contribution in [3.8, 4) is 0 Å². The van der Waals surface area contributed by atoms with Crippen LogP contribution in [0.4, 0.5) is 5.69 Å². The van der Waals surface area contributed by atoms with Crippen molar-refractivity contribution in [1.82, 2.24) is 0 Å². The molecular formula is C16H17NOS. The highest BCUT2D eigenvalue weighted by Crippen LogP contribution is 2.37. The summed E-state index contributed by atoms with van der Waals surface area (Å²) >= 11 is 1.24. The van der Waals surface area contributed by atoms with Crippen LogP contribution in [0, 0.1) is 0 Å². The number of anilines is 1. The molecule has 2 nitrogen and oxygen atoms in total. The molecule has 0 atom stereocenters. The van der Waals surface area contributed by atoms with Crippen LogP contribution in [-0.4, -0.2) is 19.2 Å². The lowest BCUT2D eigenvalue weighted by Crippen LogP contribution is -2.11. The first-order chi connectivity index (χ1) is 9.00. The van der Waals surface area contributed by atoms with Gasteiger partial charge >= 0.3 is 0 Å². The smallest absolute Gasteiger partial charge is 0.219 e. The number of rotatable bonds is 3. The largest absolute Gasteiger partial charge is 0.376 e. The van der Waals surface area contributed by atoms with E-state index in [1.165, 1.54) is 17.1 Å². The molecule has 0 aliphatic carbocycles. The van der Waals surface area contributed by atoms with Gasteiger partial charge in [-0.15, -0.1) is 0 Å². The molecule has 2 aromatic carbocycles. The minimum atomic E-state index is 0.0124. The standard InChI is InChI=1S/C16H17NOS/c1-11(2)16(18)19-14-10-9-12-7-5-6-8-13(12)15(14)17(3)4/h5-10H,1H2,2-4H3. The Morgan fingerprint density at radius 3 is 2.47 bits per heavy atom. The molecule has 2 aromatic rings. The van der Waals surface area contributed by atoms with Gasteiger partial charge in [0, 0.05) is 24.4 Å². The molecule has 2 rings (SSSR count). The summed E-state index contributed by atoms with van der Waals surface area (Å²) in [6.45, 7) is 5.45. The Bertz CT molecular complexity index is 646. The number of benzene rings is 2. The van der Waals surface area contributed by atoms with E-state index >= 15 is 0 Å². The van der Waals surface area contributed by atoms with Crippen LogP contribution in [0.5, 0.6) is 0 Å². The topological polar surface area (TPSA) is 20.3 Å². The molecule has 0 aliphatic heterocycles. The fraction of sp³-hybridized carbons (Fsp3) is 0.188. The van der Waals surface area contributed by atoms with Crippen LogP contribution in [0.2, 0.25) is 0 Å². The monoisotopic (exact) mass is 271 g/mol. The highest BCUT2D eigenvalue weighted by atomic mass is 32.2. The number of hydrogen-bond acceptors (Lipinski definition) is 3. The van der Waals surface area contributed by atoms with Gasteiger partial charge in [0.2, 0.25) is 5.12 Å². The van der Waals surface area contributed by atoms with Crippen LogP contribution in [-0.2, 0) is 4.79 Å². The molecule has 0 unspecified atom stereocenters. The Hall–Kier alpha value is -1.74. The van der Waals surface area contributed by atoms with Crippen LogP contribution < -0.4 is 4.90 Å². The van der Waals surface area contributed by atoms with Crippen molar-refractivity contribution in [2.75, 3.05) is 19.0 Å². The maximum atomic E-state index is 11.9. The van der Waals surface area contributed by atoms with Crippen molar-refractivity contribution in [2.45, 2.75) is 11.8 Å². The summed E-state index contributed by atoms with van der Waals surface area (Å²) in [7, 11) is 3.99. The van der Waals surface area contributed by atoms with Gasteiger partial charge < -0.3 is 4.90 Å². The SMILES string of the molecule is C=C(C)C(=O)Sc1ccc2ccccc2c1N(C)C. The molecule has 0 heterocycles. The van der Waals surface area contributed by atoms with E-state index < -0.39 is 0 Å². The van der Waals surface area contributed by atoms with Crippen LogP contribution >= 0.6 is 11.8 Å². The third kappa shape index (κ3) is 2.82. The summed E-state index contributed by atoms with van der Waals surface area (Å²) in [5.41, 5.74) is 1.65. The Morgan fingerprint density at radius 1 is 1.16 bits per heavy atom. The first kappa shape index (κ1) is 13.7. The predicted octanol–water partition coefficient (Wildman–Crippen LogP) is 4.10. The molecule has 0 aromatic heterocycles. The summed E-state index contributed by atoms with van der Waals surface area (Å²) in [5.74, 6) is 0. The quantitative estimate of drug-likeness (QED) is 0.619. The molecule has 3 heteroatoms. The molecule has 19 heavy (non-hydrogen) atoms. The summed E-state index contributed by atoms with van der Waals surface area (Å²) in [4.78, 5) is 14.9. The highest BCUT2D eigenvalue weighted by molar-refractivity contribution is 8.14. The molecule has 0 bridgehead atoms. The average Bonchev–Trinajstić information content (AvgIpc) is 2.37. The molecule has 0 N–H and O–H groups in total. The third-order valence-corrected chi connectivity index (χ3v) is 3.95. The number of nitrogens with zero attached hydrogens (tertiary/aromatic N) is 1. The zero-order chi connectivity index (χ0) is 14.0. The maximum absolute atomic E-state index is 11.9. The van der Waals surface area contributed by atoms with E-state index in [2.05, 4.69) is 29.7 Å². The summed E-state index contributed by atoms with van der Waals surface area (Å²) in [6, 6.07) is 12.3. The van der Waals surface area contributed by atoms with E-state index in [0.717, 1.165) is 16.0 Å². The van der Waals surface area contributed by atoms with Crippen LogP contribution in [0.1, 0.15) is 6.92 Å². The molecule has 0 saturated carbocycles. The Kier molecular flexibility index (Phi) is 3.96. The highest BCUT2D eigenvalue weighted by Gasteiger charge is 2.13. The summed E-state index contributed by atoms with van der Waals surface area (Å²) < 4.78 is 0. The number of thioether (sulfide) groups is 1. The van der Waals surface area contributed by atoms with Gasteiger partial charge in [-0.2, -0.15) is 0 Å². The molecular weight excluding hydrogens is 254 g/mol. The number of fused-ring (bicyclic) bond motifs is 1. The normalized spacial score (nSPS) is 10.5. The van der Waals surface area contributed by atoms with Crippen LogP contribution in [0.15, 0.2) is 53.4 Å². The minimum Gasteiger partial charge on any atom is -0.376 e. The lowest BCUT2D eigenvalue weighted by Gasteiger charge is -2.19. The van der Waals surface area contributed by atoms with Crippen molar-refractivity contribution < 1.29 is 4.79 Å². The van der Waals surface area contributed by atoms with Crippen LogP contribution in [0.3, 0.4) is 0 Å². The van der Waals surface area contributed by atoms with E-state index in [-0.39, 0.29) is 5.12 Å². The average molecular weight is 271 g/mol. The summed E-state index contributed by atoms with van der Waals surface area (Å²) in [6.07, 6.45) is 0. The van der Waals surface area contributed by atoms with E-state index in [4.69, 9.17) is 0 Å². The van der Waals surface area contributed by atoms with Crippen molar-refractivity contribution >= 4 is 33.3 Å². The fourth-order valence-corrected chi connectivity index (χ4v) is 2.87. The first-order valence-electron chi connectivity index (χ1n) is 6.07. The molecule has 0 saturated heterocycles. The fourth-order valence-electron chi connectivity index (χ4n) is 1.97. The van der Waals surface area contributed by atoms with Crippen molar-refractivity contribution in [3.63, 3.8) is 0 Å². The van der Waals surface area contributed by atoms with Gasteiger partial charge in [0.15, 0.2) is 0 Å². The van der Waals surface area contributed by atoms with Gasteiger partial charge in [-0.1, -0.05) is 36.9 Å². The first-order valence-corrected chi connectivity index (χ1v) is 6.89. The van der Waals surface area contributed by atoms with Gasteiger partial charge in [-0.25, -0.2) is 0 Å². The molecule has 98 valence electrons.